The quantitative estimate of drug-likeness (QED) is 0.410. The molecule has 178 valence electrons. The van der Waals surface area contributed by atoms with Gasteiger partial charge >= 0.3 is 0 Å². The van der Waals surface area contributed by atoms with Crippen LogP contribution in [0.3, 0.4) is 0 Å². The molecule has 0 fully saturated rings. The van der Waals surface area contributed by atoms with Crippen molar-refractivity contribution < 1.29 is 19.4 Å². The van der Waals surface area contributed by atoms with Gasteiger partial charge in [-0.1, -0.05) is 18.2 Å². The average molecular weight is 471 g/mol. The summed E-state index contributed by atoms with van der Waals surface area (Å²) in [5, 5.41) is 11.7. The number of hydrogen-bond acceptors (Lipinski definition) is 6. The Hall–Kier alpha value is -4.30. The molecule has 5 rings (SSSR count). The third-order valence-electron chi connectivity index (χ3n) is 5.87. The Balaban J connectivity index is 1.58. The molecule has 2 heterocycles. The van der Waals surface area contributed by atoms with Crippen LogP contribution in [0.2, 0.25) is 0 Å². The molecule has 8 nitrogen and oxygen atoms in total. The lowest BCUT2D eigenvalue weighted by Gasteiger charge is -2.19. The molecule has 0 saturated heterocycles. The number of aromatic hydroxyl groups is 1. The second-order valence-corrected chi connectivity index (χ2v) is 8.63. The van der Waals surface area contributed by atoms with E-state index in [4.69, 9.17) is 14.5 Å². The lowest BCUT2D eigenvalue weighted by Crippen LogP contribution is -2.34. The zero-order chi connectivity index (χ0) is 24.5. The fraction of sp³-hybridized carbons (Fsp3) is 0.185. The third-order valence-corrected chi connectivity index (χ3v) is 5.87. The molecule has 4 aromatic rings. The number of anilines is 1. The molecular weight excluding hydrogens is 444 g/mol. The minimum Gasteiger partial charge on any atom is -0.494 e. The Labute approximate surface area is 203 Å². The summed E-state index contributed by atoms with van der Waals surface area (Å²) >= 11 is 0. The van der Waals surface area contributed by atoms with Crippen molar-refractivity contribution in [1.82, 2.24) is 9.88 Å². The van der Waals surface area contributed by atoms with Crippen molar-refractivity contribution in [2.24, 2.45) is 4.99 Å². The number of amides is 1. The maximum absolute atomic E-state index is 12.4. The van der Waals surface area contributed by atoms with Crippen LogP contribution >= 0.6 is 0 Å². The molecule has 0 spiro atoms. The number of para-hydroxylation sites is 1. The number of ether oxygens (including phenoxy) is 2. The first kappa shape index (κ1) is 22.5. The third kappa shape index (κ3) is 4.43. The van der Waals surface area contributed by atoms with Crippen LogP contribution in [0.4, 0.5) is 11.4 Å². The molecule has 35 heavy (non-hydrogen) atoms. The number of H-pyrrole nitrogens is 1. The van der Waals surface area contributed by atoms with E-state index in [1.54, 1.807) is 11.9 Å². The zero-order valence-electron chi connectivity index (χ0n) is 19.8. The minimum absolute atomic E-state index is 0.00369. The highest BCUT2D eigenvalue weighted by Crippen LogP contribution is 2.36. The highest BCUT2D eigenvalue weighted by atomic mass is 16.7. The van der Waals surface area contributed by atoms with Gasteiger partial charge in [-0.3, -0.25) is 4.79 Å². The van der Waals surface area contributed by atoms with Crippen LogP contribution in [0, 0.1) is 0 Å². The van der Waals surface area contributed by atoms with Gasteiger partial charge in [0.15, 0.2) is 17.4 Å². The maximum atomic E-state index is 12.4. The second kappa shape index (κ2) is 9.15. The molecule has 0 radical (unpaired) electrons. The number of rotatable bonds is 6. The fourth-order valence-corrected chi connectivity index (χ4v) is 4.08. The van der Waals surface area contributed by atoms with Crippen LogP contribution in [-0.4, -0.2) is 61.1 Å². The molecule has 1 aliphatic heterocycles. The van der Waals surface area contributed by atoms with Crippen LogP contribution in [0.15, 0.2) is 71.7 Å². The van der Waals surface area contributed by atoms with E-state index in [2.05, 4.69) is 4.98 Å². The fourth-order valence-electron chi connectivity index (χ4n) is 4.08. The van der Waals surface area contributed by atoms with E-state index in [0.717, 1.165) is 22.2 Å². The topological polar surface area (TPSA) is 90.4 Å². The minimum atomic E-state index is -0.00369. The van der Waals surface area contributed by atoms with Crippen molar-refractivity contribution in [3.8, 4) is 17.4 Å². The zero-order valence-corrected chi connectivity index (χ0v) is 19.8. The maximum Gasteiger partial charge on any atom is 0.240 e. The second-order valence-electron chi connectivity index (χ2n) is 8.63. The highest BCUT2D eigenvalue weighted by molar-refractivity contribution is 6.22. The van der Waals surface area contributed by atoms with Gasteiger partial charge in [0.05, 0.1) is 23.5 Å². The smallest absolute Gasteiger partial charge is 0.240 e. The number of nitrogens with one attached hydrogen (secondary N) is 1. The summed E-state index contributed by atoms with van der Waals surface area (Å²) in [6.45, 7) is 0.496. The number of nitrogens with zero attached hydrogens (tertiary/aromatic N) is 3. The Morgan fingerprint density at radius 1 is 1.00 bits per heavy atom. The highest BCUT2D eigenvalue weighted by Gasteiger charge is 2.22. The summed E-state index contributed by atoms with van der Waals surface area (Å²) in [5.74, 6) is 1.33. The Bertz CT molecular complexity index is 1420. The van der Waals surface area contributed by atoms with E-state index in [1.807, 2.05) is 85.7 Å². The molecule has 8 heteroatoms. The van der Waals surface area contributed by atoms with E-state index in [-0.39, 0.29) is 18.6 Å². The number of likely N-dealkylation sites (N-methyl/N-ethyl adjacent to an activating group) is 2. The Kier molecular flexibility index (Phi) is 5.88. The first-order chi connectivity index (χ1) is 16.9. The molecule has 1 aromatic heterocycles. The molecule has 1 aliphatic rings. The molecule has 0 bridgehead atoms. The Morgan fingerprint density at radius 3 is 2.51 bits per heavy atom. The van der Waals surface area contributed by atoms with Gasteiger partial charge in [0.1, 0.15) is 0 Å². The number of aromatic nitrogens is 1. The monoisotopic (exact) mass is 470 g/mol. The van der Waals surface area contributed by atoms with Gasteiger partial charge in [-0.25, -0.2) is 4.99 Å². The largest absolute Gasteiger partial charge is 0.494 e. The molecule has 3 aromatic carbocycles. The van der Waals surface area contributed by atoms with E-state index >= 15 is 0 Å². The summed E-state index contributed by atoms with van der Waals surface area (Å²) in [7, 11) is 5.48. The van der Waals surface area contributed by atoms with Gasteiger partial charge in [-0.15, -0.1) is 0 Å². The molecular formula is C27H26N4O4. The summed E-state index contributed by atoms with van der Waals surface area (Å²) in [6, 6.07) is 20.7. The van der Waals surface area contributed by atoms with Crippen molar-refractivity contribution in [2.75, 3.05) is 39.4 Å². The predicted octanol–water partition coefficient (Wildman–Crippen LogP) is 4.30. The van der Waals surface area contributed by atoms with Crippen molar-refractivity contribution in [3.63, 3.8) is 0 Å². The van der Waals surface area contributed by atoms with E-state index in [0.29, 0.717) is 35.0 Å². The van der Waals surface area contributed by atoms with Gasteiger partial charge < -0.3 is 29.4 Å². The number of hydrogen-bond donors (Lipinski definition) is 2. The molecule has 0 atom stereocenters. The molecule has 0 aliphatic carbocycles. The van der Waals surface area contributed by atoms with E-state index in [9.17, 15) is 9.90 Å². The number of aliphatic imine (C=N–C) groups is 1. The van der Waals surface area contributed by atoms with Crippen molar-refractivity contribution in [3.05, 3.63) is 77.9 Å². The molecule has 2 N–H and O–H groups in total. The summed E-state index contributed by atoms with van der Waals surface area (Å²) in [4.78, 5) is 23.8. The van der Waals surface area contributed by atoms with E-state index < -0.39 is 0 Å². The number of carbonyl (C=O) groups is 1. The van der Waals surface area contributed by atoms with Gasteiger partial charge in [0.2, 0.25) is 12.7 Å². The normalized spacial score (nSPS) is 13.0. The predicted molar refractivity (Wildman–Crippen MR) is 136 cm³/mol. The van der Waals surface area contributed by atoms with Gasteiger partial charge in [-0.2, -0.15) is 0 Å². The van der Waals surface area contributed by atoms with Crippen molar-refractivity contribution in [2.45, 2.75) is 0 Å². The Morgan fingerprint density at radius 2 is 1.74 bits per heavy atom. The lowest BCUT2D eigenvalue weighted by molar-refractivity contribution is -0.118. The van der Waals surface area contributed by atoms with Crippen LogP contribution in [0.25, 0.3) is 10.9 Å². The standard InChI is InChI=1S/C27H26N4O4/c1-30(2)15-24(32)31(3)19-11-9-18(10-12-19)28-26(17-8-13-22-23(14-17)35-16-34-22)25-20-6-4-5-7-21(20)29-27(25)33/h4-14,29,33H,15-16H2,1-3H3. The summed E-state index contributed by atoms with van der Waals surface area (Å²) in [5.41, 5.74) is 4.22. The molecule has 0 saturated carbocycles. The average Bonchev–Trinajstić information content (AvgIpc) is 3.45. The number of benzene rings is 3. The summed E-state index contributed by atoms with van der Waals surface area (Å²) < 4.78 is 11.0. The van der Waals surface area contributed by atoms with Gasteiger partial charge in [0, 0.05) is 29.2 Å². The van der Waals surface area contributed by atoms with Gasteiger partial charge in [0.25, 0.3) is 0 Å². The lowest BCUT2D eigenvalue weighted by atomic mass is 10.00. The van der Waals surface area contributed by atoms with Crippen LogP contribution < -0.4 is 14.4 Å². The van der Waals surface area contributed by atoms with Crippen molar-refractivity contribution >= 4 is 33.9 Å². The first-order valence-corrected chi connectivity index (χ1v) is 11.2. The van der Waals surface area contributed by atoms with Crippen LogP contribution in [-0.2, 0) is 4.79 Å². The van der Waals surface area contributed by atoms with Crippen LogP contribution in [0.1, 0.15) is 11.1 Å². The molecule has 0 unspecified atom stereocenters. The summed E-state index contributed by atoms with van der Waals surface area (Å²) in [6.07, 6.45) is 0. The first-order valence-electron chi connectivity index (χ1n) is 11.2. The SMILES string of the molecule is CN(C)CC(=O)N(C)c1ccc(N=C(c2ccc3c(c2)OCO3)c2c(O)[nH]c3ccccc23)cc1. The van der Waals surface area contributed by atoms with Crippen molar-refractivity contribution in [1.29, 1.82) is 0 Å². The number of aromatic amines is 1. The number of carbonyl (C=O) groups excluding carboxylic acids is 1. The number of fused-ring (bicyclic) bond motifs is 2. The van der Waals surface area contributed by atoms with Crippen LogP contribution in [0.5, 0.6) is 17.4 Å². The molecule has 1 amide bonds. The van der Waals surface area contributed by atoms with Gasteiger partial charge in [-0.05, 0) is 62.6 Å². The van der Waals surface area contributed by atoms with E-state index in [1.165, 1.54) is 0 Å².